The molecular weight excluding hydrogens is 230 g/mol. The molecule has 1 saturated heterocycles. The number of halogens is 1. The van der Waals surface area contributed by atoms with E-state index in [4.69, 9.17) is 5.41 Å². The van der Waals surface area contributed by atoms with Crippen molar-refractivity contribution >= 4 is 35.5 Å². The van der Waals surface area contributed by atoms with E-state index in [1.54, 1.807) is 5.16 Å². The van der Waals surface area contributed by atoms with Crippen LogP contribution in [0.25, 0.3) is 0 Å². The maximum absolute atomic E-state index is 5.77. The molecule has 0 bridgehead atoms. The summed E-state index contributed by atoms with van der Waals surface area (Å²) >= 11 is 3.81. The molecule has 1 aromatic rings. The molecule has 0 unspecified atom stereocenters. The lowest BCUT2D eigenvalue weighted by molar-refractivity contribution is 0.855. The number of anilines is 1. The van der Waals surface area contributed by atoms with Gasteiger partial charge >= 0.3 is 0 Å². The van der Waals surface area contributed by atoms with Crippen molar-refractivity contribution in [3.8, 4) is 0 Å². The summed E-state index contributed by atoms with van der Waals surface area (Å²) in [5, 5.41) is 10.7. The summed E-state index contributed by atoms with van der Waals surface area (Å²) in [5.41, 5.74) is 1.32. The summed E-state index contributed by atoms with van der Waals surface area (Å²) in [5.74, 6) is 0. The third kappa shape index (κ3) is 4.91. The number of nitrogens with one attached hydrogen (secondary N) is 2. The highest BCUT2D eigenvalue weighted by molar-refractivity contribution is 7.78. The Bertz CT molecular complexity index is 293. The summed E-state index contributed by atoms with van der Waals surface area (Å²) in [7, 11) is 0. The molecular formula is C10H14ClN3S. The fraction of sp³-hybridized carbons (Fsp3) is 0.300. The average molecular weight is 244 g/mol. The van der Waals surface area contributed by atoms with Crippen LogP contribution in [-0.4, -0.2) is 24.9 Å². The van der Waals surface area contributed by atoms with E-state index in [2.05, 4.69) is 46.7 Å². The van der Waals surface area contributed by atoms with E-state index in [-0.39, 0.29) is 12.4 Å². The first-order valence-corrected chi connectivity index (χ1v) is 4.84. The molecule has 5 heteroatoms. The Balaban J connectivity index is 0.000000443. The largest absolute Gasteiger partial charge is 0.357 e. The molecule has 15 heavy (non-hydrogen) atoms. The molecule has 1 fully saturated rings. The van der Waals surface area contributed by atoms with Crippen molar-refractivity contribution in [2.45, 2.75) is 0 Å². The van der Waals surface area contributed by atoms with E-state index >= 15 is 0 Å². The van der Waals surface area contributed by atoms with E-state index in [1.807, 2.05) is 6.07 Å². The smallest absolute Gasteiger partial charge is 0.0683 e. The number of rotatable bonds is 1. The van der Waals surface area contributed by atoms with Gasteiger partial charge in [0.2, 0.25) is 0 Å². The van der Waals surface area contributed by atoms with E-state index < -0.39 is 0 Å². The first-order valence-electron chi connectivity index (χ1n) is 4.43. The Morgan fingerprint density at radius 3 is 2.40 bits per heavy atom. The second-order valence-corrected chi connectivity index (χ2v) is 3.06. The molecule has 0 aliphatic carbocycles. The molecule has 0 spiro atoms. The van der Waals surface area contributed by atoms with Crippen LogP contribution in [0.4, 0.5) is 5.69 Å². The predicted octanol–water partition coefficient (Wildman–Crippen LogP) is 2.14. The zero-order valence-corrected chi connectivity index (χ0v) is 9.90. The van der Waals surface area contributed by atoms with Crippen LogP contribution in [0.2, 0.25) is 0 Å². The number of para-hydroxylation sites is 1. The quantitative estimate of drug-likeness (QED) is 0.587. The zero-order valence-electron chi connectivity index (χ0n) is 8.27. The van der Waals surface area contributed by atoms with Crippen LogP contribution < -0.4 is 10.2 Å². The molecule has 1 heterocycles. The summed E-state index contributed by atoms with van der Waals surface area (Å²) < 4.78 is 0. The summed E-state index contributed by atoms with van der Waals surface area (Å²) in [4.78, 5) is 2.33. The molecule has 1 aliphatic rings. The summed E-state index contributed by atoms with van der Waals surface area (Å²) in [6.45, 7) is 3.23. The maximum Gasteiger partial charge on any atom is 0.0683 e. The second-order valence-electron chi connectivity index (χ2n) is 2.86. The van der Waals surface area contributed by atoms with Gasteiger partial charge in [0.05, 0.1) is 11.8 Å². The van der Waals surface area contributed by atoms with Crippen molar-refractivity contribution < 1.29 is 0 Å². The highest BCUT2D eigenvalue weighted by Gasteiger charge is 2.09. The molecule has 82 valence electrons. The molecule has 1 aliphatic heterocycles. The van der Waals surface area contributed by atoms with Gasteiger partial charge in [0.1, 0.15) is 0 Å². The minimum atomic E-state index is 0. The van der Waals surface area contributed by atoms with Crippen molar-refractivity contribution in [2.75, 3.05) is 24.7 Å². The van der Waals surface area contributed by atoms with E-state index in [9.17, 15) is 0 Å². The van der Waals surface area contributed by atoms with Crippen molar-refractivity contribution in [3.63, 3.8) is 0 Å². The molecule has 3 nitrogen and oxygen atoms in total. The third-order valence-electron chi connectivity index (χ3n) is 1.98. The van der Waals surface area contributed by atoms with Gasteiger partial charge in [-0.05, 0) is 24.4 Å². The molecule has 0 radical (unpaired) electrons. The van der Waals surface area contributed by atoms with Crippen LogP contribution in [0.15, 0.2) is 30.3 Å². The minimum Gasteiger partial charge on any atom is -0.357 e. The van der Waals surface area contributed by atoms with Gasteiger partial charge < -0.3 is 4.90 Å². The van der Waals surface area contributed by atoms with Gasteiger partial charge in [0, 0.05) is 18.8 Å². The molecule has 0 atom stereocenters. The number of benzene rings is 1. The lowest BCUT2D eigenvalue weighted by Crippen LogP contribution is -2.20. The Kier molecular flexibility index (Phi) is 7.86. The van der Waals surface area contributed by atoms with Crippen LogP contribution in [0, 0.1) is 5.41 Å². The summed E-state index contributed by atoms with van der Waals surface area (Å²) in [6, 6.07) is 10.5. The van der Waals surface area contributed by atoms with Gasteiger partial charge in [-0.25, -0.2) is 5.41 Å². The Morgan fingerprint density at radius 1 is 1.33 bits per heavy atom. The number of isothiocyanates is 1. The molecule has 0 amide bonds. The first-order chi connectivity index (χ1) is 6.88. The predicted molar refractivity (Wildman–Crippen MR) is 69.2 cm³/mol. The van der Waals surface area contributed by atoms with E-state index in [0.717, 1.165) is 19.8 Å². The van der Waals surface area contributed by atoms with Crippen LogP contribution >= 0.6 is 24.6 Å². The highest BCUT2D eigenvalue weighted by atomic mass is 35.5. The molecule has 0 saturated carbocycles. The Hall–Kier alpha value is -0.930. The fourth-order valence-corrected chi connectivity index (χ4v) is 1.37. The molecule has 1 aromatic carbocycles. The van der Waals surface area contributed by atoms with Crippen molar-refractivity contribution in [1.29, 1.82) is 5.41 Å². The van der Waals surface area contributed by atoms with Crippen molar-refractivity contribution in [1.82, 2.24) is 5.32 Å². The molecule has 0 aromatic heterocycles. The highest BCUT2D eigenvalue weighted by Crippen LogP contribution is 2.12. The van der Waals surface area contributed by atoms with Crippen LogP contribution in [0.5, 0.6) is 0 Å². The summed E-state index contributed by atoms with van der Waals surface area (Å²) in [6.07, 6.45) is 0. The lowest BCUT2D eigenvalue weighted by atomic mass is 10.3. The standard InChI is InChI=1S/C9H12N2.CHNS.ClH/c1-2-4-9(5-3-1)11-7-6-10-8-11;2-1-3;/h1-5,10H,6-8H2;2H;1H. The van der Waals surface area contributed by atoms with Gasteiger partial charge in [-0.3, -0.25) is 5.32 Å². The van der Waals surface area contributed by atoms with Gasteiger partial charge in [-0.1, -0.05) is 18.2 Å². The number of nitrogens with zero attached hydrogens (tertiary/aromatic N) is 1. The SMILES string of the molecule is Cl.N=C=S.c1ccc(N2CCNC2)cc1. The van der Waals surface area contributed by atoms with E-state index in [0.29, 0.717) is 0 Å². The fourth-order valence-electron chi connectivity index (χ4n) is 1.37. The second kappa shape index (κ2) is 8.38. The third-order valence-corrected chi connectivity index (χ3v) is 1.98. The van der Waals surface area contributed by atoms with Crippen LogP contribution in [0.1, 0.15) is 0 Å². The topological polar surface area (TPSA) is 39.1 Å². The van der Waals surface area contributed by atoms with E-state index in [1.165, 1.54) is 5.69 Å². The zero-order chi connectivity index (χ0) is 10.2. The van der Waals surface area contributed by atoms with Crippen LogP contribution in [-0.2, 0) is 0 Å². The monoisotopic (exact) mass is 243 g/mol. The van der Waals surface area contributed by atoms with Gasteiger partial charge in [-0.15, -0.1) is 12.4 Å². The molecule has 2 rings (SSSR count). The van der Waals surface area contributed by atoms with Gasteiger partial charge in [-0.2, -0.15) is 0 Å². The number of thiocarbonyl (C=S) groups is 1. The Morgan fingerprint density at radius 2 is 1.93 bits per heavy atom. The van der Waals surface area contributed by atoms with Gasteiger partial charge in [0.15, 0.2) is 0 Å². The van der Waals surface area contributed by atoms with Crippen molar-refractivity contribution in [2.24, 2.45) is 0 Å². The normalized spacial score (nSPS) is 13.2. The first kappa shape index (κ1) is 14.1. The number of hydrogen-bond donors (Lipinski definition) is 2. The van der Waals surface area contributed by atoms with Crippen molar-refractivity contribution in [3.05, 3.63) is 30.3 Å². The lowest BCUT2D eigenvalue weighted by Gasteiger charge is -2.15. The van der Waals surface area contributed by atoms with Crippen LogP contribution in [0.3, 0.4) is 0 Å². The number of hydrogen-bond acceptors (Lipinski definition) is 4. The molecule has 2 N–H and O–H groups in total. The minimum absolute atomic E-state index is 0. The Labute approximate surface area is 101 Å². The van der Waals surface area contributed by atoms with Gasteiger partial charge in [0.25, 0.3) is 0 Å². The average Bonchev–Trinajstić information content (AvgIpc) is 2.73. The maximum atomic E-state index is 5.77.